The predicted octanol–water partition coefficient (Wildman–Crippen LogP) is 0.390. The van der Waals surface area contributed by atoms with Gasteiger partial charge in [0.2, 0.25) is 5.91 Å². The summed E-state index contributed by atoms with van der Waals surface area (Å²) in [6.07, 6.45) is 0.281. The molecule has 8 nitrogen and oxygen atoms in total. The molecule has 0 bridgehead atoms. The van der Waals surface area contributed by atoms with Gasteiger partial charge in [-0.1, -0.05) is 13.0 Å². The number of benzene rings is 2. The molecule has 0 saturated heterocycles. The topological polar surface area (TPSA) is 139 Å². The lowest BCUT2D eigenvalue weighted by Crippen LogP contribution is -2.28. The Balaban J connectivity index is 2.01. The summed E-state index contributed by atoms with van der Waals surface area (Å²) in [5, 5.41) is 19.5. The van der Waals surface area contributed by atoms with E-state index in [9.17, 15) is 23.3 Å². The first-order valence-corrected chi connectivity index (χ1v) is 9.78. The van der Waals surface area contributed by atoms with Gasteiger partial charge in [-0.3, -0.25) is 9.52 Å². The number of phenols is 1. The molecule has 27 heavy (non-hydrogen) atoms. The van der Waals surface area contributed by atoms with E-state index in [-0.39, 0.29) is 34.9 Å². The van der Waals surface area contributed by atoms with Gasteiger partial charge in [-0.15, -0.1) is 0 Å². The Morgan fingerprint density at radius 2 is 2.07 bits per heavy atom. The van der Waals surface area contributed by atoms with Crippen LogP contribution in [0.3, 0.4) is 0 Å². The number of anilines is 1. The fraction of sp³-hybridized carbons (Fsp3) is 0.235. The second-order valence-electron chi connectivity index (χ2n) is 6.27. The molecule has 1 unspecified atom stereocenters. The number of hydrogen-bond acceptors (Lipinski definition) is 6. The van der Waals surface area contributed by atoms with Gasteiger partial charge in [0, 0.05) is 5.69 Å². The molecule has 5 N–H and O–H groups in total. The normalized spacial score (nSPS) is 14.7. The zero-order valence-electron chi connectivity index (χ0n) is 14.5. The summed E-state index contributed by atoms with van der Waals surface area (Å²) in [7, 11) is -5.18. The van der Waals surface area contributed by atoms with Crippen molar-refractivity contribution in [3.63, 3.8) is 0 Å². The van der Waals surface area contributed by atoms with Gasteiger partial charge in [-0.25, -0.2) is 8.42 Å². The summed E-state index contributed by atoms with van der Waals surface area (Å²) < 4.78 is 33.4. The number of nitrogens with two attached hydrogens (primary N) is 1. The van der Waals surface area contributed by atoms with Crippen molar-refractivity contribution in [2.45, 2.75) is 30.8 Å². The first-order valence-electron chi connectivity index (χ1n) is 8.30. The Morgan fingerprint density at radius 1 is 1.33 bits per heavy atom. The summed E-state index contributed by atoms with van der Waals surface area (Å²) in [5.74, 6) is -1.71. The van der Waals surface area contributed by atoms with Crippen LogP contribution in [0.1, 0.15) is 30.4 Å². The molecule has 1 aliphatic heterocycles. The molecule has 3 rings (SSSR count). The van der Waals surface area contributed by atoms with Crippen LogP contribution in [-0.4, -0.2) is 31.6 Å². The molecule has 0 fully saturated rings. The van der Waals surface area contributed by atoms with E-state index in [1.165, 1.54) is 24.3 Å². The fourth-order valence-corrected chi connectivity index (χ4v) is 4.42. The zero-order valence-corrected chi connectivity index (χ0v) is 15.4. The molecule has 1 heterocycles. The lowest BCUT2D eigenvalue weighted by Gasteiger charge is -2.18. The molecular weight excluding hydrogens is 371 g/mol. The number of carbonyl (C=O) groups excluding carboxylic acids is 1. The highest BCUT2D eigenvalue weighted by Gasteiger charge is 2.29. The van der Waals surface area contributed by atoms with Crippen molar-refractivity contribution in [1.82, 2.24) is 0 Å². The maximum atomic E-state index is 12.9. The van der Waals surface area contributed by atoms with E-state index in [2.05, 4.69) is 4.72 Å². The van der Waals surface area contributed by atoms with Crippen molar-refractivity contribution in [2.75, 3.05) is 4.72 Å². The van der Waals surface area contributed by atoms with Crippen LogP contribution in [-0.2, 0) is 26.1 Å². The first kappa shape index (κ1) is 19.2. The number of rotatable bonds is 6. The van der Waals surface area contributed by atoms with Gasteiger partial charge < -0.3 is 20.5 Å². The van der Waals surface area contributed by atoms with Crippen LogP contribution < -0.4 is 15.9 Å². The van der Waals surface area contributed by atoms with Crippen LogP contribution in [0.2, 0.25) is 0 Å². The zero-order chi connectivity index (χ0) is 19.8. The minimum absolute atomic E-state index is 0.127. The van der Waals surface area contributed by atoms with Gasteiger partial charge in [-0.2, -0.15) is 0 Å². The number of aromatic hydroxyl groups is 1. The average molecular weight is 390 g/mol. The van der Waals surface area contributed by atoms with E-state index >= 15 is 0 Å². The summed E-state index contributed by atoms with van der Waals surface area (Å²) >= 11 is 0. The maximum absolute atomic E-state index is 12.9. The van der Waals surface area contributed by atoms with Gasteiger partial charge >= 0.3 is 7.12 Å². The number of sulfonamides is 1. The van der Waals surface area contributed by atoms with Crippen LogP contribution in [0, 0.1) is 0 Å². The van der Waals surface area contributed by atoms with Crippen LogP contribution in [0.4, 0.5) is 5.69 Å². The molecule has 0 aliphatic carbocycles. The van der Waals surface area contributed by atoms with E-state index in [1.54, 1.807) is 19.1 Å². The van der Waals surface area contributed by atoms with Crippen molar-refractivity contribution in [3.05, 3.63) is 47.5 Å². The SMILES string of the molecule is CCC(C(N)=O)c1cc(O)ccc1S(=O)(=O)Nc1ccc2c(c1)B(O)OC2. The van der Waals surface area contributed by atoms with Crippen LogP contribution in [0.5, 0.6) is 5.75 Å². The minimum Gasteiger partial charge on any atom is -0.508 e. The first-order chi connectivity index (χ1) is 12.7. The van der Waals surface area contributed by atoms with Gasteiger partial charge in [0.05, 0.1) is 17.4 Å². The fourth-order valence-electron chi connectivity index (χ4n) is 3.12. The highest BCUT2D eigenvalue weighted by atomic mass is 32.2. The molecule has 0 aromatic heterocycles. The van der Waals surface area contributed by atoms with Gasteiger partial charge in [-0.05, 0) is 53.3 Å². The van der Waals surface area contributed by atoms with Crippen molar-refractivity contribution in [3.8, 4) is 5.75 Å². The summed E-state index contributed by atoms with van der Waals surface area (Å²) in [4.78, 5) is 11.6. The molecule has 1 amide bonds. The van der Waals surface area contributed by atoms with Crippen molar-refractivity contribution in [2.24, 2.45) is 5.73 Å². The predicted molar refractivity (Wildman–Crippen MR) is 100.0 cm³/mol. The lowest BCUT2D eigenvalue weighted by atomic mass is 9.79. The Bertz CT molecular complexity index is 995. The second kappa shape index (κ2) is 7.22. The highest BCUT2D eigenvalue weighted by Crippen LogP contribution is 2.31. The number of phenolic OH excluding ortho intramolecular Hbond substituents is 1. The maximum Gasteiger partial charge on any atom is 0.491 e. The number of hydrogen-bond donors (Lipinski definition) is 4. The molecule has 1 aliphatic rings. The molecule has 1 atom stereocenters. The molecular formula is C17H19BN2O6S. The Hall–Kier alpha value is -2.56. The Morgan fingerprint density at radius 3 is 2.74 bits per heavy atom. The average Bonchev–Trinajstić information content (AvgIpc) is 2.95. The lowest BCUT2D eigenvalue weighted by molar-refractivity contribution is -0.119. The third-order valence-corrected chi connectivity index (χ3v) is 5.93. The standard InChI is InChI=1S/C17H19BN2O6S/c1-2-13(17(19)22)14-8-12(21)5-6-16(14)27(24,25)20-11-4-3-10-9-26-18(23)15(10)7-11/h3-8,13,20-21,23H,2,9H2,1H3,(H2,19,22). The van der Waals surface area contributed by atoms with E-state index in [0.29, 0.717) is 5.46 Å². The molecule has 0 spiro atoms. The van der Waals surface area contributed by atoms with Gasteiger partial charge in [0.1, 0.15) is 5.75 Å². The summed E-state index contributed by atoms with van der Waals surface area (Å²) in [6, 6.07) is 8.41. The van der Waals surface area contributed by atoms with E-state index in [0.717, 1.165) is 5.56 Å². The van der Waals surface area contributed by atoms with Crippen LogP contribution in [0.15, 0.2) is 41.3 Å². The molecule has 0 radical (unpaired) electrons. The molecule has 142 valence electrons. The van der Waals surface area contributed by atoms with E-state index < -0.39 is 29.0 Å². The van der Waals surface area contributed by atoms with Crippen molar-refractivity contribution in [1.29, 1.82) is 0 Å². The second-order valence-corrected chi connectivity index (χ2v) is 7.92. The molecule has 10 heteroatoms. The highest BCUT2D eigenvalue weighted by molar-refractivity contribution is 7.92. The Labute approximate surface area is 157 Å². The number of fused-ring (bicyclic) bond motifs is 1. The van der Waals surface area contributed by atoms with Gasteiger partial charge in [0.25, 0.3) is 10.0 Å². The third-order valence-electron chi connectivity index (χ3n) is 4.47. The van der Waals surface area contributed by atoms with Gasteiger partial charge in [0.15, 0.2) is 0 Å². The number of nitrogens with one attached hydrogen (secondary N) is 1. The molecule has 2 aromatic carbocycles. The minimum atomic E-state index is -4.08. The summed E-state index contributed by atoms with van der Waals surface area (Å²) in [5.41, 5.74) is 7.02. The monoisotopic (exact) mass is 390 g/mol. The molecule has 2 aromatic rings. The Kier molecular flexibility index (Phi) is 5.14. The number of primary amides is 1. The smallest absolute Gasteiger partial charge is 0.491 e. The van der Waals surface area contributed by atoms with Crippen molar-refractivity contribution >= 4 is 34.2 Å². The van der Waals surface area contributed by atoms with Crippen LogP contribution in [0.25, 0.3) is 0 Å². The van der Waals surface area contributed by atoms with E-state index in [4.69, 9.17) is 10.4 Å². The molecule has 0 saturated carbocycles. The quantitative estimate of drug-likeness (QED) is 0.527. The largest absolute Gasteiger partial charge is 0.508 e. The number of amides is 1. The third kappa shape index (κ3) is 3.77. The van der Waals surface area contributed by atoms with E-state index in [1.807, 2.05) is 0 Å². The summed E-state index contributed by atoms with van der Waals surface area (Å²) in [6.45, 7) is 1.95. The van der Waals surface area contributed by atoms with Crippen LogP contribution >= 0.6 is 0 Å². The number of carbonyl (C=O) groups is 1. The van der Waals surface area contributed by atoms with Crippen molar-refractivity contribution < 1.29 is 28.0 Å².